The minimum absolute atomic E-state index is 0.117. The highest BCUT2D eigenvalue weighted by atomic mass is 32.2. The van der Waals surface area contributed by atoms with Gasteiger partial charge in [-0.25, -0.2) is 8.42 Å². The number of nitrogens with zero attached hydrogens (tertiary/aromatic N) is 1. The van der Waals surface area contributed by atoms with Crippen molar-refractivity contribution in [3.05, 3.63) is 65.7 Å². The molecule has 2 aromatic carbocycles. The van der Waals surface area contributed by atoms with Crippen molar-refractivity contribution in [2.45, 2.75) is 102 Å². The number of nitrogens with one attached hydrogen (secondary N) is 3. The van der Waals surface area contributed by atoms with Crippen LogP contribution in [0.15, 0.2) is 59.5 Å². The summed E-state index contributed by atoms with van der Waals surface area (Å²) < 4.78 is 53.7. The molecule has 2 aromatic rings. The average Bonchev–Trinajstić information content (AvgIpc) is 3.08. The standard InChI is InChI=1S/C36H58N5O6PS/c1-5-46-48(43,47-6-2)27-13-8-7-10-16-29-22-25-41(26-23-29)34(42)33(21-15-24-39-35(37)38)40-49(44,45)32-20-14-19-31(28-32)36(3,4)30-17-11-9-12-18-30/h9,11-12,14,17-20,28-29,33,40H,5-8,10,13,15-16,21-27H2,1-4H3,(H4,37,38,39)/t33-/m0/s1. The number of likely N-dealkylation sites (tertiary alicyclic amines) is 1. The Bertz CT molecular complexity index is 1470. The second-order valence-electron chi connectivity index (χ2n) is 13.3. The second kappa shape index (κ2) is 19.6. The van der Waals surface area contributed by atoms with E-state index in [9.17, 15) is 17.8 Å². The molecule has 11 nitrogen and oxygen atoms in total. The van der Waals surface area contributed by atoms with Gasteiger partial charge < -0.3 is 25.0 Å². The van der Waals surface area contributed by atoms with Gasteiger partial charge in [0.25, 0.3) is 0 Å². The van der Waals surface area contributed by atoms with Crippen molar-refractivity contribution >= 4 is 29.5 Å². The van der Waals surface area contributed by atoms with E-state index in [0.717, 1.165) is 56.1 Å². The molecule has 3 rings (SSSR count). The van der Waals surface area contributed by atoms with Gasteiger partial charge >= 0.3 is 7.60 Å². The summed E-state index contributed by atoms with van der Waals surface area (Å²) in [4.78, 5) is 15.7. The summed E-state index contributed by atoms with van der Waals surface area (Å²) in [5.74, 6) is 0.116. The van der Waals surface area contributed by atoms with Crippen molar-refractivity contribution in [1.29, 1.82) is 5.41 Å². The number of amides is 1. The van der Waals surface area contributed by atoms with Crippen LogP contribution in [0, 0.1) is 11.3 Å². The lowest BCUT2D eigenvalue weighted by atomic mass is 9.78. The van der Waals surface area contributed by atoms with Crippen LogP contribution < -0.4 is 15.8 Å². The molecule has 0 spiro atoms. The highest BCUT2D eigenvalue weighted by Gasteiger charge is 2.32. The molecule has 1 fully saturated rings. The first kappa shape index (κ1) is 40.7. The molecule has 1 aliphatic rings. The Morgan fingerprint density at radius 3 is 2.24 bits per heavy atom. The zero-order valence-corrected chi connectivity index (χ0v) is 31.5. The van der Waals surface area contributed by atoms with Crippen LogP contribution in [0.4, 0.5) is 0 Å². The van der Waals surface area contributed by atoms with E-state index in [2.05, 4.69) is 23.9 Å². The van der Waals surface area contributed by atoms with Gasteiger partial charge in [-0.2, -0.15) is 4.72 Å². The minimum Gasteiger partial charge on any atom is -0.370 e. The fraction of sp³-hybridized carbons (Fsp3) is 0.611. The zero-order valence-electron chi connectivity index (χ0n) is 29.8. The van der Waals surface area contributed by atoms with Gasteiger partial charge in [-0.3, -0.25) is 14.8 Å². The highest BCUT2D eigenvalue weighted by molar-refractivity contribution is 7.89. The molecule has 13 heteroatoms. The number of carbonyl (C=O) groups excluding carboxylic acids is 1. The number of unbranched alkanes of at least 4 members (excludes halogenated alkanes) is 3. The van der Waals surface area contributed by atoms with Crippen LogP contribution in [-0.2, 0) is 33.8 Å². The SMILES string of the molecule is CCOP(=O)(CCCCCCC1CCN(C(=O)[C@H](CCCNC(=N)N)NS(=O)(=O)c2cccc(C(C)(C)c3ccccc3)c2)CC1)OCC. The lowest BCUT2D eigenvalue weighted by Gasteiger charge is -2.34. The molecule has 49 heavy (non-hydrogen) atoms. The Hall–Kier alpha value is -2.76. The van der Waals surface area contributed by atoms with Crippen molar-refractivity contribution in [1.82, 2.24) is 14.9 Å². The van der Waals surface area contributed by atoms with Crippen LogP contribution in [0.25, 0.3) is 0 Å². The number of guanidine groups is 1. The van der Waals surface area contributed by atoms with E-state index in [1.165, 1.54) is 0 Å². The summed E-state index contributed by atoms with van der Waals surface area (Å²) in [6.07, 6.45) is 7.87. The Morgan fingerprint density at radius 1 is 0.980 bits per heavy atom. The number of hydrogen-bond acceptors (Lipinski definition) is 7. The van der Waals surface area contributed by atoms with Gasteiger partial charge in [0.1, 0.15) is 6.04 Å². The molecule has 1 aliphatic heterocycles. The molecule has 0 aliphatic carbocycles. The molecule has 0 saturated carbocycles. The number of benzene rings is 2. The van der Waals surface area contributed by atoms with Crippen molar-refractivity contribution in [2.75, 3.05) is 39.0 Å². The van der Waals surface area contributed by atoms with E-state index in [1.807, 2.05) is 50.2 Å². The fourth-order valence-electron chi connectivity index (χ4n) is 6.41. The number of nitrogens with two attached hydrogens (primary N) is 1. The number of rotatable bonds is 21. The molecule has 274 valence electrons. The summed E-state index contributed by atoms with van der Waals surface area (Å²) in [5, 5.41) is 10.2. The first-order valence-corrected chi connectivity index (χ1v) is 21.0. The number of hydrogen-bond donors (Lipinski definition) is 4. The Balaban J connectivity index is 1.58. The maximum Gasteiger partial charge on any atom is 0.330 e. The average molecular weight is 720 g/mol. The summed E-state index contributed by atoms with van der Waals surface area (Å²) in [6.45, 7) is 10.1. The fourth-order valence-corrected chi connectivity index (χ4v) is 9.40. The smallest absolute Gasteiger partial charge is 0.330 e. The van der Waals surface area contributed by atoms with Gasteiger partial charge in [0.05, 0.1) is 24.3 Å². The monoisotopic (exact) mass is 719 g/mol. The van der Waals surface area contributed by atoms with E-state index in [0.29, 0.717) is 51.3 Å². The summed E-state index contributed by atoms with van der Waals surface area (Å²) in [5.41, 5.74) is 6.92. The van der Waals surface area contributed by atoms with Crippen molar-refractivity contribution in [2.24, 2.45) is 11.7 Å². The lowest BCUT2D eigenvalue weighted by molar-refractivity contribution is -0.134. The van der Waals surface area contributed by atoms with Crippen LogP contribution in [0.2, 0.25) is 0 Å². The van der Waals surface area contributed by atoms with E-state index in [4.69, 9.17) is 20.2 Å². The van der Waals surface area contributed by atoms with Crippen LogP contribution in [0.1, 0.15) is 96.6 Å². The van der Waals surface area contributed by atoms with Gasteiger partial charge in [-0.15, -0.1) is 0 Å². The van der Waals surface area contributed by atoms with E-state index < -0.39 is 29.1 Å². The van der Waals surface area contributed by atoms with Gasteiger partial charge in [-0.05, 0) is 75.1 Å². The normalized spacial score (nSPS) is 15.2. The second-order valence-corrected chi connectivity index (χ2v) is 17.2. The molecule has 1 heterocycles. The zero-order chi connectivity index (χ0) is 35.9. The Labute approximate surface area is 294 Å². The third-order valence-corrected chi connectivity index (χ3v) is 13.0. The maximum absolute atomic E-state index is 13.8. The van der Waals surface area contributed by atoms with Crippen molar-refractivity contribution in [3.63, 3.8) is 0 Å². The number of carbonyl (C=O) groups is 1. The van der Waals surface area contributed by atoms with Gasteiger partial charge in [0, 0.05) is 25.0 Å². The number of piperidine rings is 1. The van der Waals surface area contributed by atoms with E-state index in [-0.39, 0.29) is 23.2 Å². The molecular formula is C36H58N5O6PS. The van der Waals surface area contributed by atoms with Crippen LogP contribution in [-0.4, -0.2) is 70.2 Å². The van der Waals surface area contributed by atoms with Gasteiger partial charge in [0.15, 0.2) is 5.96 Å². The highest BCUT2D eigenvalue weighted by Crippen LogP contribution is 2.48. The maximum atomic E-state index is 13.8. The predicted octanol–water partition coefficient (Wildman–Crippen LogP) is 6.38. The van der Waals surface area contributed by atoms with Crippen LogP contribution >= 0.6 is 7.60 Å². The largest absolute Gasteiger partial charge is 0.370 e. The molecule has 0 radical (unpaired) electrons. The molecule has 1 saturated heterocycles. The number of sulfonamides is 1. The third-order valence-electron chi connectivity index (χ3n) is 9.31. The molecule has 1 atom stereocenters. The quantitative estimate of drug-likeness (QED) is 0.0500. The first-order chi connectivity index (χ1) is 23.3. The Morgan fingerprint density at radius 2 is 1.61 bits per heavy atom. The summed E-state index contributed by atoms with van der Waals surface area (Å²) in [7, 11) is -7.01. The van der Waals surface area contributed by atoms with Gasteiger partial charge in [0.2, 0.25) is 15.9 Å². The lowest BCUT2D eigenvalue weighted by Crippen LogP contribution is -2.51. The van der Waals surface area contributed by atoms with Crippen molar-refractivity contribution < 1.29 is 26.8 Å². The molecule has 0 bridgehead atoms. The molecular weight excluding hydrogens is 661 g/mol. The predicted molar refractivity (Wildman–Crippen MR) is 196 cm³/mol. The van der Waals surface area contributed by atoms with E-state index in [1.54, 1.807) is 23.1 Å². The molecule has 0 unspecified atom stereocenters. The molecule has 5 N–H and O–H groups in total. The molecule has 1 amide bonds. The topological polar surface area (TPSA) is 164 Å². The molecule has 0 aromatic heterocycles. The third kappa shape index (κ3) is 12.8. The van der Waals surface area contributed by atoms with Crippen molar-refractivity contribution in [3.8, 4) is 0 Å². The minimum atomic E-state index is -4.03. The van der Waals surface area contributed by atoms with Crippen LogP contribution in [0.3, 0.4) is 0 Å². The van der Waals surface area contributed by atoms with E-state index >= 15 is 0 Å². The first-order valence-electron chi connectivity index (χ1n) is 17.7. The van der Waals surface area contributed by atoms with Gasteiger partial charge in [-0.1, -0.05) is 82.0 Å². The summed E-state index contributed by atoms with van der Waals surface area (Å²) in [6, 6.07) is 15.9. The summed E-state index contributed by atoms with van der Waals surface area (Å²) >= 11 is 0. The van der Waals surface area contributed by atoms with Crippen LogP contribution in [0.5, 0.6) is 0 Å². The Kier molecular flexibility index (Phi) is 16.3.